The molecule has 1 aromatic carbocycles. The summed E-state index contributed by atoms with van der Waals surface area (Å²) in [6.07, 6.45) is 0. The minimum absolute atomic E-state index is 0.101. The van der Waals surface area contributed by atoms with Crippen LogP contribution in [0.2, 0.25) is 0 Å². The van der Waals surface area contributed by atoms with Crippen LogP contribution in [0.1, 0.15) is 5.56 Å². The molecule has 0 fully saturated rings. The highest BCUT2D eigenvalue weighted by Crippen LogP contribution is 2.09. The van der Waals surface area contributed by atoms with E-state index >= 15 is 0 Å². The first kappa shape index (κ1) is 8.14. The van der Waals surface area contributed by atoms with Gasteiger partial charge in [0.25, 0.3) is 0 Å². The molecule has 0 unspecified atom stereocenters. The molecular weight excluding hydrogens is 150 g/mol. The van der Waals surface area contributed by atoms with Gasteiger partial charge in [0, 0.05) is 12.7 Å². The molecular formula is C8H8F2O. The summed E-state index contributed by atoms with van der Waals surface area (Å²) in [4.78, 5) is 0. The summed E-state index contributed by atoms with van der Waals surface area (Å²) in [6, 6.07) is 3.29. The maximum Gasteiger partial charge on any atom is 0.128 e. The average molecular weight is 158 g/mol. The van der Waals surface area contributed by atoms with Crippen molar-refractivity contribution < 1.29 is 13.5 Å². The van der Waals surface area contributed by atoms with Crippen molar-refractivity contribution >= 4 is 0 Å². The summed E-state index contributed by atoms with van der Waals surface area (Å²) >= 11 is 0. The molecule has 0 bridgehead atoms. The Morgan fingerprint density at radius 2 is 2.09 bits per heavy atom. The van der Waals surface area contributed by atoms with Gasteiger partial charge in [-0.25, -0.2) is 8.78 Å². The van der Waals surface area contributed by atoms with Crippen LogP contribution in [-0.4, -0.2) is 7.11 Å². The van der Waals surface area contributed by atoms with Gasteiger partial charge in [-0.3, -0.25) is 0 Å². The first-order valence-electron chi connectivity index (χ1n) is 3.17. The molecule has 0 N–H and O–H groups in total. The number of ether oxygens (including phenoxy) is 1. The summed E-state index contributed by atoms with van der Waals surface area (Å²) < 4.78 is 29.8. The number of halogens is 2. The molecule has 0 spiro atoms. The lowest BCUT2D eigenvalue weighted by molar-refractivity contribution is 0.181. The second-order valence-corrected chi connectivity index (χ2v) is 2.17. The zero-order valence-corrected chi connectivity index (χ0v) is 6.10. The lowest BCUT2D eigenvalue weighted by atomic mass is 10.2. The Kier molecular flexibility index (Phi) is 2.54. The van der Waals surface area contributed by atoms with Crippen molar-refractivity contribution in [2.24, 2.45) is 0 Å². The molecule has 0 amide bonds. The summed E-state index contributed by atoms with van der Waals surface area (Å²) in [7, 11) is 1.43. The lowest BCUT2D eigenvalue weighted by Gasteiger charge is -2.00. The quantitative estimate of drug-likeness (QED) is 0.640. The third-order valence-electron chi connectivity index (χ3n) is 1.31. The molecule has 1 aromatic rings. The minimum atomic E-state index is -0.446. The van der Waals surface area contributed by atoms with E-state index in [4.69, 9.17) is 0 Å². The van der Waals surface area contributed by atoms with Crippen LogP contribution < -0.4 is 0 Å². The zero-order chi connectivity index (χ0) is 8.27. The zero-order valence-electron chi connectivity index (χ0n) is 6.10. The second-order valence-electron chi connectivity index (χ2n) is 2.17. The largest absolute Gasteiger partial charge is 0.380 e. The number of benzene rings is 1. The molecule has 0 aromatic heterocycles. The van der Waals surface area contributed by atoms with E-state index in [0.29, 0.717) is 0 Å². The highest BCUT2D eigenvalue weighted by Gasteiger charge is 2.01. The average Bonchev–Trinajstić information content (AvgIpc) is 1.98. The summed E-state index contributed by atoms with van der Waals surface area (Å²) in [5.41, 5.74) is 0.243. The second kappa shape index (κ2) is 3.44. The van der Waals surface area contributed by atoms with Gasteiger partial charge >= 0.3 is 0 Å². The molecule has 11 heavy (non-hydrogen) atoms. The van der Waals surface area contributed by atoms with Crippen LogP contribution >= 0.6 is 0 Å². The fourth-order valence-corrected chi connectivity index (χ4v) is 0.809. The Labute approximate surface area is 63.6 Å². The minimum Gasteiger partial charge on any atom is -0.380 e. The van der Waals surface area contributed by atoms with Gasteiger partial charge < -0.3 is 4.74 Å². The molecule has 1 nitrogen and oxygen atoms in total. The van der Waals surface area contributed by atoms with Gasteiger partial charge in [0.05, 0.1) is 6.61 Å². The van der Waals surface area contributed by atoms with E-state index in [0.717, 1.165) is 18.2 Å². The Morgan fingerprint density at radius 3 is 2.73 bits per heavy atom. The van der Waals surface area contributed by atoms with Gasteiger partial charge in [-0.15, -0.1) is 0 Å². The normalized spacial score (nSPS) is 10.1. The number of hydrogen-bond donors (Lipinski definition) is 0. The van der Waals surface area contributed by atoms with Crippen molar-refractivity contribution in [1.82, 2.24) is 0 Å². The van der Waals surface area contributed by atoms with Gasteiger partial charge in [0.15, 0.2) is 0 Å². The summed E-state index contributed by atoms with van der Waals surface area (Å²) in [5.74, 6) is -0.883. The van der Waals surface area contributed by atoms with Gasteiger partial charge in [-0.05, 0) is 18.2 Å². The van der Waals surface area contributed by atoms with Crippen molar-refractivity contribution in [3.63, 3.8) is 0 Å². The molecule has 0 aliphatic heterocycles. The fourth-order valence-electron chi connectivity index (χ4n) is 0.809. The van der Waals surface area contributed by atoms with Crippen LogP contribution in [-0.2, 0) is 11.3 Å². The van der Waals surface area contributed by atoms with Gasteiger partial charge in [0.1, 0.15) is 11.6 Å². The van der Waals surface area contributed by atoms with Gasteiger partial charge in [-0.1, -0.05) is 0 Å². The van der Waals surface area contributed by atoms with Crippen molar-refractivity contribution in [2.45, 2.75) is 6.61 Å². The first-order chi connectivity index (χ1) is 5.24. The van der Waals surface area contributed by atoms with E-state index in [2.05, 4.69) is 4.74 Å². The highest BCUT2D eigenvalue weighted by atomic mass is 19.1. The number of methoxy groups -OCH3 is 1. The van der Waals surface area contributed by atoms with Crippen molar-refractivity contribution in [3.8, 4) is 0 Å². The molecule has 0 saturated carbocycles. The molecule has 0 saturated heterocycles. The van der Waals surface area contributed by atoms with E-state index < -0.39 is 11.6 Å². The summed E-state index contributed by atoms with van der Waals surface area (Å²) in [6.45, 7) is 0.101. The van der Waals surface area contributed by atoms with E-state index in [1.54, 1.807) is 0 Å². The fraction of sp³-hybridized carbons (Fsp3) is 0.250. The standard InChI is InChI=1S/C8H8F2O/c1-11-5-6-4-7(9)2-3-8(6)10/h2-4H,5H2,1H3. The molecule has 0 radical (unpaired) electrons. The summed E-state index contributed by atoms with van der Waals surface area (Å²) in [5, 5.41) is 0. The van der Waals surface area contributed by atoms with Crippen molar-refractivity contribution in [3.05, 3.63) is 35.4 Å². The monoisotopic (exact) mass is 158 g/mol. The van der Waals surface area contributed by atoms with Crippen LogP contribution in [0.4, 0.5) is 8.78 Å². The highest BCUT2D eigenvalue weighted by molar-refractivity contribution is 5.17. The Morgan fingerprint density at radius 1 is 1.36 bits per heavy atom. The van der Waals surface area contributed by atoms with Crippen LogP contribution in [0.3, 0.4) is 0 Å². The predicted octanol–water partition coefficient (Wildman–Crippen LogP) is 2.11. The molecule has 3 heteroatoms. The molecule has 1 rings (SSSR count). The maximum atomic E-state index is 12.7. The lowest BCUT2D eigenvalue weighted by Crippen LogP contribution is -1.93. The molecule has 0 heterocycles. The van der Waals surface area contributed by atoms with Crippen LogP contribution in [0.5, 0.6) is 0 Å². The van der Waals surface area contributed by atoms with E-state index in [9.17, 15) is 8.78 Å². The topological polar surface area (TPSA) is 9.23 Å². The van der Waals surface area contributed by atoms with E-state index in [1.165, 1.54) is 7.11 Å². The van der Waals surface area contributed by atoms with Gasteiger partial charge in [0.2, 0.25) is 0 Å². The SMILES string of the molecule is COCc1cc(F)ccc1F. The van der Waals surface area contributed by atoms with Crippen LogP contribution in [0.15, 0.2) is 18.2 Å². The van der Waals surface area contributed by atoms with Crippen molar-refractivity contribution in [2.75, 3.05) is 7.11 Å². The van der Waals surface area contributed by atoms with Gasteiger partial charge in [-0.2, -0.15) is 0 Å². The Hall–Kier alpha value is -0.960. The molecule has 0 aliphatic rings. The third-order valence-corrected chi connectivity index (χ3v) is 1.31. The van der Waals surface area contributed by atoms with Crippen LogP contribution in [0.25, 0.3) is 0 Å². The molecule has 0 aliphatic carbocycles. The number of rotatable bonds is 2. The Bertz CT molecular complexity index is 248. The smallest absolute Gasteiger partial charge is 0.128 e. The predicted molar refractivity (Wildman–Crippen MR) is 37.1 cm³/mol. The maximum absolute atomic E-state index is 12.7. The molecule has 60 valence electrons. The molecule has 0 atom stereocenters. The first-order valence-corrected chi connectivity index (χ1v) is 3.17. The number of hydrogen-bond acceptors (Lipinski definition) is 1. The Balaban J connectivity index is 2.93. The van der Waals surface area contributed by atoms with E-state index in [1.807, 2.05) is 0 Å². The third kappa shape index (κ3) is 1.98. The van der Waals surface area contributed by atoms with E-state index in [-0.39, 0.29) is 12.2 Å². The van der Waals surface area contributed by atoms with Crippen LogP contribution in [0, 0.1) is 11.6 Å². The van der Waals surface area contributed by atoms with Crippen molar-refractivity contribution in [1.29, 1.82) is 0 Å².